The highest BCUT2D eigenvalue weighted by atomic mass is 31.2. The van der Waals surface area contributed by atoms with E-state index < -0.39 is 97.5 Å². The first kappa shape index (κ1) is 100.0. The maximum absolute atomic E-state index is 13.1. The van der Waals surface area contributed by atoms with Gasteiger partial charge in [-0.3, -0.25) is 37.3 Å². The van der Waals surface area contributed by atoms with E-state index in [1.807, 2.05) is 0 Å². The van der Waals surface area contributed by atoms with E-state index in [1.54, 1.807) is 0 Å². The van der Waals surface area contributed by atoms with Gasteiger partial charge in [-0.1, -0.05) is 305 Å². The van der Waals surface area contributed by atoms with Crippen molar-refractivity contribution in [2.45, 2.75) is 380 Å². The summed E-state index contributed by atoms with van der Waals surface area (Å²) in [6.07, 6.45) is 82.3. The Kier molecular flexibility index (Phi) is 74.2. The SMILES string of the molecule is CC/C=C\C/C=C\C/C=C\C/C=C\C/C=C\CCCCCC(=O)OCC(COP(=O)(O)OCC(O)COP(=O)(O)OCC(COC(=O)CCCCCCC/C=C\CCCCCCCC)OC(=O)CCCCCCCCCCCCCCCCC)OC(=O)CCCCCCC/C=C\C/C=C\CCCCC. The second-order valence-corrected chi connectivity index (χ2v) is 30.6. The van der Waals surface area contributed by atoms with Crippen LogP contribution in [0.25, 0.3) is 0 Å². The van der Waals surface area contributed by atoms with Crippen molar-refractivity contribution in [3.63, 3.8) is 0 Å². The summed E-state index contributed by atoms with van der Waals surface area (Å²) < 4.78 is 68.7. The summed E-state index contributed by atoms with van der Waals surface area (Å²) in [7, 11) is -9.97. The van der Waals surface area contributed by atoms with E-state index in [4.69, 9.17) is 37.0 Å². The molecule has 0 rings (SSSR count). The van der Waals surface area contributed by atoms with Gasteiger partial charge in [-0.25, -0.2) is 9.13 Å². The number of phosphoric acid groups is 2. The van der Waals surface area contributed by atoms with E-state index in [9.17, 15) is 43.2 Å². The number of hydrogen-bond donors (Lipinski definition) is 3. The maximum atomic E-state index is 13.1. The molecule has 19 heteroatoms. The minimum Gasteiger partial charge on any atom is -0.462 e. The molecule has 0 heterocycles. The summed E-state index contributed by atoms with van der Waals surface area (Å²) in [4.78, 5) is 73.1. The Labute approximate surface area is 633 Å². The van der Waals surface area contributed by atoms with Gasteiger partial charge in [0.2, 0.25) is 0 Å². The lowest BCUT2D eigenvalue weighted by atomic mass is 10.0. The zero-order valence-corrected chi connectivity index (χ0v) is 67.7. The number of esters is 4. The van der Waals surface area contributed by atoms with Crippen LogP contribution in [0, 0.1) is 0 Å². The zero-order valence-electron chi connectivity index (χ0n) is 65.9. The zero-order chi connectivity index (χ0) is 76.0. The minimum atomic E-state index is -4.99. The first-order valence-corrected chi connectivity index (χ1v) is 44.5. The average molecular weight is 1510 g/mol. The third-order valence-corrected chi connectivity index (χ3v) is 19.4. The second kappa shape index (κ2) is 77.1. The molecule has 0 aromatic heterocycles. The average Bonchev–Trinajstić information content (AvgIpc) is 0.918. The third-order valence-electron chi connectivity index (χ3n) is 17.5. The Morgan fingerprint density at radius 2 is 0.500 bits per heavy atom. The molecule has 0 aliphatic heterocycles. The monoisotopic (exact) mass is 1510 g/mol. The lowest BCUT2D eigenvalue weighted by Gasteiger charge is -2.21. The van der Waals surface area contributed by atoms with Crippen LogP contribution in [0.15, 0.2) is 97.2 Å². The summed E-state index contributed by atoms with van der Waals surface area (Å²) in [5, 5.41) is 10.7. The van der Waals surface area contributed by atoms with Gasteiger partial charge < -0.3 is 33.8 Å². The number of carbonyl (C=O) groups is 4. The molecule has 17 nitrogen and oxygen atoms in total. The van der Waals surface area contributed by atoms with Gasteiger partial charge in [0, 0.05) is 25.7 Å². The first-order chi connectivity index (χ1) is 50.7. The number of ether oxygens (including phenoxy) is 4. The Bertz CT molecular complexity index is 2350. The molecule has 0 aliphatic carbocycles. The highest BCUT2D eigenvalue weighted by Gasteiger charge is 2.30. The molecule has 104 heavy (non-hydrogen) atoms. The van der Waals surface area contributed by atoms with Crippen LogP contribution in [-0.2, 0) is 65.4 Å². The van der Waals surface area contributed by atoms with Crippen molar-refractivity contribution < 1.29 is 80.2 Å². The van der Waals surface area contributed by atoms with Gasteiger partial charge in [0.15, 0.2) is 12.2 Å². The highest BCUT2D eigenvalue weighted by Crippen LogP contribution is 2.45. The summed E-state index contributed by atoms with van der Waals surface area (Å²) in [5.74, 6) is -2.21. The van der Waals surface area contributed by atoms with Gasteiger partial charge in [0.25, 0.3) is 0 Å². The summed E-state index contributed by atoms with van der Waals surface area (Å²) in [6, 6.07) is 0. The molecule has 0 fully saturated rings. The summed E-state index contributed by atoms with van der Waals surface area (Å²) in [6.45, 7) is 4.73. The summed E-state index contributed by atoms with van der Waals surface area (Å²) in [5.41, 5.74) is 0. The Morgan fingerprint density at radius 1 is 0.279 bits per heavy atom. The van der Waals surface area contributed by atoms with Gasteiger partial charge in [-0.15, -0.1) is 0 Å². The molecule has 3 N–H and O–H groups in total. The predicted molar refractivity (Wildman–Crippen MR) is 427 cm³/mol. The lowest BCUT2D eigenvalue weighted by Crippen LogP contribution is -2.30. The predicted octanol–water partition coefficient (Wildman–Crippen LogP) is 24.3. The normalized spacial score (nSPS) is 14.3. The van der Waals surface area contributed by atoms with Crippen molar-refractivity contribution in [3.05, 3.63) is 97.2 Å². The summed E-state index contributed by atoms with van der Waals surface area (Å²) >= 11 is 0. The van der Waals surface area contributed by atoms with E-state index in [1.165, 1.54) is 122 Å². The Morgan fingerprint density at radius 3 is 0.808 bits per heavy atom. The van der Waals surface area contributed by atoms with Crippen molar-refractivity contribution in [1.29, 1.82) is 0 Å². The number of aliphatic hydroxyl groups is 1. The maximum Gasteiger partial charge on any atom is 0.472 e. The van der Waals surface area contributed by atoms with Crippen molar-refractivity contribution in [3.8, 4) is 0 Å². The molecule has 0 aromatic rings. The van der Waals surface area contributed by atoms with Gasteiger partial charge in [0.05, 0.1) is 26.4 Å². The minimum absolute atomic E-state index is 0.0713. The fraction of sp³-hybridized carbons (Fsp3) is 0.765. The molecule has 0 amide bonds. The fourth-order valence-electron chi connectivity index (χ4n) is 11.2. The van der Waals surface area contributed by atoms with Crippen LogP contribution < -0.4 is 0 Å². The smallest absolute Gasteiger partial charge is 0.462 e. The highest BCUT2D eigenvalue weighted by molar-refractivity contribution is 7.47. The molecule has 0 bridgehead atoms. The standard InChI is InChI=1S/C85H150O17P2/c1-5-9-13-17-21-25-29-33-37-38-39-40-44-46-50-54-58-62-66-70-83(88)96-76-81(102-85(90)72-68-64-60-56-52-48-43-36-32-28-24-20-16-12-8-4)78-100-104(93,94)98-74-79(86)73-97-103(91,92)99-77-80(101-84(89)71-67-63-59-55-51-47-42-35-31-27-23-19-15-11-7-3)75-95-82(87)69-65-61-57-53-49-45-41-34-30-26-22-18-14-10-6-2/h9,13,21,24-25,28,33-34,36-37,39-41,43,46,50,79-81,86H,5-8,10-12,14-20,22-23,26-27,29-32,35,38,42,44-45,47-49,51-78H2,1-4H3,(H,91,92)(H,93,94)/b13-9-,25-21-,28-24-,37-33-,40-39-,41-34-,43-36-,50-46-. The van der Waals surface area contributed by atoms with Crippen molar-refractivity contribution in [2.75, 3.05) is 39.6 Å². The van der Waals surface area contributed by atoms with Crippen LogP contribution in [0.3, 0.4) is 0 Å². The van der Waals surface area contributed by atoms with E-state index in [-0.39, 0.29) is 25.7 Å². The molecule has 602 valence electrons. The van der Waals surface area contributed by atoms with Gasteiger partial charge in [-0.2, -0.15) is 0 Å². The third kappa shape index (κ3) is 76.2. The van der Waals surface area contributed by atoms with Crippen LogP contribution in [0.5, 0.6) is 0 Å². The van der Waals surface area contributed by atoms with Crippen LogP contribution in [0.2, 0.25) is 0 Å². The number of carbonyl (C=O) groups excluding carboxylic acids is 4. The van der Waals surface area contributed by atoms with Gasteiger partial charge >= 0.3 is 39.5 Å². The van der Waals surface area contributed by atoms with Gasteiger partial charge in [0.1, 0.15) is 19.3 Å². The topological polar surface area (TPSA) is 237 Å². The van der Waals surface area contributed by atoms with Gasteiger partial charge in [-0.05, 0) is 128 Å². The molecule has 0 aromatic carbocycles. The molecule has 5 unspecified atom stereocenters. The Hall–Kier alpha value is -4.02. The number of allylic oxidation sites excluding steroid dienone is 16. The van der Waals surface area contributed by atoms with Crippen molar-refractivity contribution in [2.24, 2.45) is 0 Å². The number of aliphatic hydroxyl groups excluding tert-OH is 1. The molecular weight excluding hydrogens is 1350 g/mol. The van der Waals surface area contributed by atoms with Crippen LogP contribution in [0.4, 0.5) is 0 Å². The van der Waals surface area contributed by atoms with E-state index in [0.717, 1.165) is 161 Å². The van der Waals surface area contributed by atoms with E-state index in [0.29, 0.717) is 25.7 Å². The van der Waals surface area contributed by atoms with Crippen LogP contribution >= 0.6 is 15.6 Å². The molecular formula is C85H150O17P2. The van der Waals surface area contributed by atoms with Crippen LogP contribution in [0.1, 0.15) is 362 Å². The molecule has 0 spiro atoms. The Balaban J connectivity index is 5.39. The number of unbranched alkanes of at least 4 members (excludes halogenated alkanes) is 36. The number of hydrogen-bond acceptors (Lipinski definition) is 15. The quantitative estimate of drug-likeness (QED) is 0.0169. The number of rotatable bonds is 78. The molecule has 0 saturated carbocycles. The van der Waals surface area contributed by atoms with Crippen molar-refractivity contribution in [1.82, 2.24) is 0 Å². The molecule has 0 radical (unpaired) electrons. The molecule has 0 aliphatic rings. The van der Waals surface area contributed by atoms with E-state index >= 15 is 0 Å². The largest absolute Gasteiger partial charge is 0.472 e. The fourth-order valence-corrected chi connectivity index (χ4v) is 12.8. The molecule has 0 saturated heterocycles. The van der Waals surface area contributed by atoms with Crippen LogP contribution in [-0.4, -0.2) is 96.7 Å². The second-order valence-electron chi connectivity index (χ2n) is 27.7. The molecule has 5 atom stereocenters. The lowest BCUT2D eigenvalue weighted by molar-refractivity contribution is -0.161. The number of phosphoric ester groups is 2. The van der Waals surface area contributed by atoms with Crippen molar-refractivity contribution >= 4 is 39.5 Å². The van der Waals surface area contributed by atoms with E-state index in [2.05, 4.69) is 125 Å². The first-order valence-electron chi connectivity index (χ1n) is 41.5.